The number of carbonyl (C=O) groups excluding carboxylic acids is 1. The van der Waals surface area contributed by atoms with Crippen LogP contribution >= 0.6 is 15.9 Å². The van der Waals surface area contributed by atoms with Crippen molar-refractivity contribution in [3.63, 3.8) is 0 Å². The van der Waals surface area contributed by atoms with E-state index in [-0.39, 0.29) is 5.92 Å². The van der Waals surface area contributed by atoms with Crippen molar-refractivity contribution in [1.29, 1.82) is 0 Å². The molecule has 0 saturated heterocycles. The Morgan fingerprint density at radius 3 is 3.00 bits per heavy atom. The zero-order chi connectivity index (χ0) is 11.7. The molecule has 2 aromatic rings. The maximum absolute atomic E-state index is 11.1. The van der Waals surface area contributed by atoms with Crippen molar-refractivity contribution in [2.45, 2.75) is 26.2 Å². The first-order valence-electron chi connectivity index (χ1n) is 5.16. The van der Waals surface area contributed by atoms with Gasteiger partial charge in [0.15, 0.2) is 6.29 Å². The number of carbonyl (C=O) groups is 1. The number of fused-ring (bicyclic) bond motifs is 1. The van der Waals surface area contributed by atoms with Gasteiger partial charge in [0.1, 0.15) is 5.69 Å². The molecule has 0 aliphatic carbocycles. The second-order valence-corrected chi connectivity index (χ2v) is 4.67. The molecule has 2 rings (SSSR count). The summed E-state index contributed by atoms with van der Waals surface area (Å²) >= 11 is 3.33. The van der Waals surface area contributed by atoms with Crippen molar-refractivity contribution < 1.29 is 4.79 Å². The van der Waals surface area contributed by atoms with Gasteiger partial charge in [0.05, 0.1) is 10.2 Å². The van der Waals surface area contributed by atoms with Gasteiger partial charge in [-0.3, -0.25) is 9.20 Å². The molecule has 2 aromatic heterocycles. The molecule has 4 nitrogen and oxygen atoms in total. The minimum atomic E-state index is 0.265. The van der Waals surface area contributed by atoms with Crippen LogP contribution in [0.2, 0.25) is 0 Å². The summed E-state index contributed by atoms with van der Waals surface area (Å²) in [6.07, 6.45) is 5.28. The molecule has 2 heterocycles. The van der Waals surface area contributed by atoms with Crippen LogP contribution in [0, 0.1) is 0 Å². The average molecular weight is 282 g/mol. The fraction of sp³-hybridized carbons (Fsp3) is 0.364. The predicted molar refractivity (Wildman–Crippen MR) is 64.8 cm³/mol. The topological polar surface area (TPSA) is 47.3 Å². The molecule has 0 saturated carbocycles. The Hall–Kier alpha value is -1.23. The normalized spacial score (nSPS) is 12.9. The van der Waals surface area contributed by atoms with Gasteiger partial charge in [0.2, 0.25) is 5.78 Å². The first-order valence-corrected chi connectivity index (χ1v) is 5.95. The monoisotopic (exact) mass is 281 g/mol. The Labute approximate surface area is 102 Å². The lowest BCUT2D eigenvalue weighted by molar-refractivity contribution is 0.111. The van der Waals surface area contributed by atoms with Crippen LogP contribution in [0.4, 0.5) is 0 Å². The molecule has 0 amide bonds. The fourth-order valence-corrected chi connectivity index (χ4v) is 1.92. The van der Waals surface area contributed by atoms with Gasteiger partial charge in [0.25, 0.3) is 0 Å². The Kier molecular flexibility index (Phi) is 3.05. The first kappa shape index (κ1) is 11.3. The van der Waals surface area contributed by atoms with Crippen LogP contribution in [0.1, 0.15) is 42.4 Å². The molecule has 84 valence electrons. The second kappa shape index (κ2) is 4.33. The maximum Gasteiger partial charge on any atom is 0.234 e. The van der Waals surface area contributed by atoms with Crippen LogP contribution in [0.25, 0.3) is 5.78 Å². The molecule has 0 bridgehead atoms. The van der Waals surface area contributed by atoms with Crippen LogP contribution in [0.15, 0.2) is 16.9 Å². The highest BCUT2D eigenvalue weighted by Crippen LogP contribution is 2.22. The Balaban J connectivity index is 2.71. The molecule has 5 heteroatoms. The molecule has 0 N–H and O–H groups in total. The van der Waals surface area contributed by atoms with Gasteiger partial charge >= 0.3 is 0 Å². The van der Waals surface area contributed by atoms with Crippen molar-refractivity contribution in [3.05, 3.63) is 28.3 Å². The number of aldehydes is 1. The summed E-state index contributed by atoms with van der Waals surface area (Å²) in [6, 6.07) is 0. The van der Waals surface area contributed by atoms with Gasteiger partial charge in [-0.05, 0) is 22.4 Å². The molecule has 0 aromatic carbocycles. The van der Waals surface area contributed by atoms with Crippen molar-refractivity contribution in [2.75, 3.05) is 0 Å². The van der Waals surface area contributed by atoms with Crippen molar-refractivity contribution in [2.24, 2.45) is 0 Å². The van der Waals surface area contributed by atoms with E-state index >= 15 is 0 Å². The molecule has 1 unspecified atom stereocenters. The Morgan fingerprint density at radius 1 is 1.62 bits per heavy atom. The second-order valence-electron chi connectivity index (χ2n) is 3.75. The van der Waals surface area contributed by atoms with Gasteiger partial charge in [0, 0.05) is 18.3 Å². The summed E-state index contributed by atoms with van der Waals surface area (Å²) in [5, 5.41) is 0. The average Bonchev–Trinajstić information content (AvgIpc) is 2.65. The summed E-state index contributed by atoms with van der Waals surface area (Å²) in [5.41, 5.74) is 1.42. The summed E-state index contributed by atoms with van der Waals surface area (Å²) in [4.78, 5) is 19.7. The third-order valence-electron chi connectivity index (χ3n) is 2.70. The quantitative estimate of drug-likeness (QED) is 0.813. The first-order chi connectivity index (χ1) is 7.67. The summed E-state index contributed by atoms with van der Waals surface area (Å²) in [6.45, 7) is 4.14. The highest BCUT2D eigenvalue weighted by atomic mass is 79.9. The lowest BCUT2D eigenvalue weighted by Crippen LogP contribution is -1.98. The molecule has 0 radical (unpaired) electrons. The lowest BCUT2D eigenvalue weighted by Gasteiger charge is -2.04. The van der Waals surface area contributed by atoms with Crippen molar-refractivity contribution in [1.82, 2.24) is 14.4 Å². The zero-order valence-electron chi connectivity index (χ0n) is 9.14. The number of imidazole rings is 1. The zero-order valence-corrected chi connectivity index (χ0v) is 10.7. The molecule has 16 heavy (non-hydrogen) atoms. The third-order valence-corrected chi connectivity index (χ3v) is 3.11. The number of aromatic nitrogens is 3. The third kappa shape index (κ3) is 1.75. The highest BCUT2D eigenvalue weighted by Gasteiger charge is 2.16. The molecule has 0 spiro atoms. The highest BCUT2D eigenvalue weighted by molar-refractivity contribution is 9.10. The number of halogens is 1. The Morgan fingerprint density at radius 2 is 2.38 bits per heavy atom. The van der Waals surface area contributed by atoms with E-state index in [0.29, 0.717) is 11.5 Å². The van der Waals surface area contributed by atoms with Gasteiger partial charge in [-0.1, -0.05) is 13.8 Å². The molecular weight excluding hydrogens is 270 g/mol. The van der Waals surface area contributed by atoms with Gasteiger partial charge in [-0.25, -0.2) is 9.97 Å². The minimum absolute atomic E-state index is 0.265. The SMILES string of the molecule is CCC(C)c1nc2ncc(Br)cn2c1C=O. The van der Waals surface area contributed by atoms with E-state index in [9.17, 15) is 4.79 Å². The minimum Gasteiger partial charge on any atom is -0.296 e. The number of rotatable bonds is 3. The Bertz CT molecular complexity index is 535. The number of hydrogen-bond donors (Lipinski definition) is 0. The predicted octanol–water partition coefficient (Wildman–Crippen LogP) is 2.82. The van der Waals surface area contributed by atoms with Gasteiger partial charge in [-0.15, -0.1) is 0 Å². The number of nitrogens with zero attached hydrogens (tertiary/aromatic N) is 3. The van der Waals surface area contributed by atoms with Gasteiger partial charge < -0.3 is 0 Å². The van der Waals surface area contributed by atoms with E-state index in [1.807, 2.05) is 6.20 Å². The smallest absolute Gasteiger partial charge is 0.234 e. The largest absolute Gasteiger partial charge is 0.296 e. The maximum atomic E-state index is 11.1. The summed E-state index contributed by atoms with van der Waals surface area (Å²) < 4.78 is 2.55. The molecule has 0 aliphatic heterocycles. The van der Waals surface area contributed by atoms with E-state index in [1.54, 1.807) is 10.6 Å². The lowest BCUT2D eigenvalue weighted by atomic mass is 10.0. The van der Waals surface area contributed by atoms with E-state index in [1.165, 1.54) is 0 Å². The van der Waals surface area contributed by atoms with Crippen LogP contribution < -0.4 is 0 Å². The fourth-order valence-electron chi connectivity index (χ4n) is 1.62. The molecule has 1 atom stereocenters. The summed E-state index contributed by atoms with van der Waals surface area (Å²) in [7, 11) is 0. The van der Waals surface area contributed by atoms with E-state index in [2.05, 4.69) is 39.7 Å². The van der Waals surface area contributed by atoms with E-state index in [4.69, 9.17) is 0 Å². The van der Waals surface area contributed by atoms with Gasteiger partial charge in [-0.2, -0.15) is 0 Å². The van der Waals surface area contributed by atoms with Crippen LogP contribution in [-0.4, -0.2) is 20.7 Å². The van der Waals surface area contributed by atoms with Crippen molar-refractivity contribution in [3.8, 4) is 0 Å². The summed E-state index contributed by atoms with van der Waals surface area (Å²) in [5.74, 6) is 0.835. The van der Waals surface area contributed by atoms with Crippen LogP contribution in [0.3, 0.4) is 0 Å². The standard InChI is InChI=1S/C11H12BrN3O/c1-3-7(2)10-9(6-16)15-5-8(12)4-13-11(15)14-10/h4-7H,3H2,1-2H3. The van der Waals surface area contributed by atoms with E-state index in [0.717, 1.165) is 22.9 Å². The molecule has 0 aliphatic rings. The van der Waals surface area contributed by atoms with Crippen LogP contribution in [-0.2, 0) is 0 Å². The van der Waals surface area contributed by atoms with Crippen molar-refractivity contribution >= 4 is 28.0 Å². The molecular formula is C11H12BrN3O. The molecule has 0 fully saturated rings. The number of hydrogen-bond acceptors (Lipinski definition) is 3. The van der Waals surface area contributed by atoms with E-state index < -0.39 is 0 Å². The van der Waals surface area contributed by atoms with Crippen LogP contribution in [0.5, 0.6) is 0 Å².